The number of aromatic nitrogens is 2. The maximum absolute atomic E-state index is 13.6. The average Bonchev–Trinajstić information content (AvgIpc) is 2.84. The van der Waals surface area contributed by atoms with E-state index >= 15 is 0 Å². The van der Waals surface area contributed by atoms with Gasteiger partial charge in [-0.15, -0.1) is 0 Å². The first-order chi connectivity index (χ1) is 16.9. The zero-order chi connectivity index (χ0) is 26.3. The molecule has 36 heavy (non-hydrogen) atoms. The summed E-state index contributed by atoms with van der Waals surface area (Å²) in [5.41, 5.74) is 1.92. The van der Waals surface area contributed by atoms with Crippen molar-refractivity contribution in [3.05, 3.63) is 76.5 Å². The van der Waals surface area contributed by atoms with Gasteiger partial charge >= 0.3 is 0 Å². The Labute approximate surface area is 212 Å². The van der Waals surface area contributed by atoms with Crippen molar-refractivity contribution in [1.82, 2.24) is 20.6 Å². The number of nitrogens with zero attached hydrogens (tertiary/aromatic N) is 2. The summed E-state index contributed by atoms with van der Waals surface area (Å²) in [5.74, 6) is 0.423. The second kappa shape index (κ2) is 9.28. The zero-order valence-corrected chi connectivity index (χ0v) is 22.1. The van der Waals surface area contributed by atoms with Crippen LogP contribution < -0.4 is 10.6 Å². The fraction of sp³-hybridized carbons (Fsp3) is 0.407. The molecule has 0 saturated carbocycles. The van der Waals surface area contributed by atoms with Crippen LogP contribution in [-0.2, 0) is 31.4 Å². The third-order valence-electron chi connectivity index (χ3n) is 7.06. The molecule has 0 fully saturated rings. The zero-order valence-electron chi connectivity index (χ0n) is 21.3. The van der Waals surface area contributed by atoms with Crippen LogP contribution >= 0.6 is 0 Å². The standard InChI is InChI=1S/C27H32N4O4S/c1-6-36(34,35)20-9-7-19(8-10-20)16-28-25(33)27(5)14-11-21-22(31-27)12-13-26(4,24(21)32)23-15-17(2)29-18(3)30-23/h7-11,14-15,31H,6,12-13,16H2,1-5H3,(H,28,33). The normalized spacial score (nSPS) is 23.8. The molecule has 2 aromatic rings. The molecular weight excluding hydrogens is 476 g/mol. The topological polar surface area (TPSA) is 118 Å². The van der Waals surface area contributed by atoms with Crippen molar-refractivity contribution in [3.8, 4) is 0 Å². The summed E-state index contributed by atoms with van der Waals surface area (Å²) in [6.07, 6.45) is 4.65. The minimum atomic E-state index is -3.27. The first-order valence-electron chi connectivity index (χ1n) is 12.1. The van der Waals surface area contributed by atoms with E-state index in [4.69, 9.17) is 0 Å². The Morgan fingerprint density at radius 1 is 1.14 bits per heavy atom. The smallest absolute Gasteiger partial charge is 0.249 e. The van der Waals surface area contributed by atoms with Gasteiger partial charge in [-0.2, -0.15) is 0 Å². The van der Waals surface area contributed by atoms with Gasteiger partial charge in [-0.3, -0.25) is 9.59 Å². The number of hydrogen-bond donors (Lipinski definition) is 2. The van der Waals surface area contributed by atoms with Crippen LogP contribution in [0.25, 0.3) is 0 Å². The fourth-order valence-electron chi connectivity index (χ4n) is 4.69. The lowest BCUT2D eigenvalue weighted by Gasteiger charge is -2.39. The number of benzene rings is 1. The molecule has 190 valence electrons. The molecule has 1 aromatic carbocycles. The van der Waals surface area contributed by atoms with Gasteiger partial charge in [-0.05, 0) is 70.4 Å². The van der Waals surface area contributed by atoms with Crippen molar-refractivity contribution in [3.63, 3.8) is 0 Å². The van der Waals surface area contributed by atoms with Gasteiger partial charge in [-0.1, -0.05) is 25.1 Å². The molecule has 2 unspecified atom stereocenters. The summed E-state index contributed by atoms with van der Waals surface area (Å²) in [7, 11) is -3.27. The van der Waals surface area contributed by atoms with Crippen LogP contribution in [-0.4, -0.2) is 41.4 Å². The van der Waals surface area contributed by atoms with Crippen LogP contribution in [0.2, 0.25) is 0 Å². The number of rotatable bonds is 6. The van der Waals surface area contributed by atoms with E-state index in [0.717, 1.165) is 22.6 Å². The molecule has 1 aliphatic heterocycles. The molecular formula is C27H32N4O4S. The summed E-state index contributed by atoms with van der Waals surface area (Å²) >= 11 is 0. The van der Waals surface area contributed by atoms with Crippen molar-refractivity contribution < 1.29 is 18.0 Å². The Bertz CT molecular complexity index is 1380. The number of ketones is 1. The first-order valence-corrected chi connectivity index (χ1v) is 13.7. The van der Waals surface area contributed by atoms with Crippen molar-refractivity contribution >= 4 is 21.5 Å². The minimum Gasteiger partial charge on any atom is -0.371 e. The maximum atomic E-state index is 13.6. The Morgan fingerprint density at radius 3 is 2.47 bits per heavy atom. The number of carbonyl (C=O) groups excluding carboxylic acids is 2. The molecule has 0 radical (unpaired) electrons. The molecule has 2 aliphatic rings. The molecule has 0 bridgehead atoms. The van der Waals surface area contributed by atoms with Gasteiger partial charge in [0.25, 0.3) is 0 Å². The van der Waals surface area contributed by atoms with Gasteiger partial charge in [0.05, 0.1) is 21.8 Å². The van der Waals surface area contributed by atoms with E-state index < -0.39 is 20.8 Å². The number of aryl methyl sites for hydroxylation is 2. The number of nitrogens with one attached hydrogen (secondary N) is 2. The summed E-state index contributed by atoms with van der Waals surface area (Å²) in [4.78, 5) is 35.8. The lowest BCUT2D eigenvalue weighted by molar-refractivity contribution is -0.126. The van der Waals surface area contributed by atoms with Crippen molar-refractivity contribution in [2.24, 2.45) is 0 Å². The van der Waals surface area contributed by atoms with Gasteiger partial charge in [0.2, 0.25) is 5.91 Å². The summed E-state index contributed by atoms with van der Waals surface area (Å²) in [6, 6.07) is 8.39. The van der Waals surface area contributed by atoms with E-state index in [1.54, 1.807) is 50.3 Å². The number of carbonyl (C=O) groups is 2. The maximum Gasteiger partial charge on any atom is 0.249 e. The quantitative estimate of drug-likeness (QED) is 0.616. The number of hydrogen-bond acceptors (Lipinski definition) is 7. The fourth-order valence-corrected chi connectivity index (χ4v) is 5.58. The lowest BCUT2D eigenvalue weighted by Crippen LogP contribution is -2.55. The van der Waals surface area contributed by atoms with Gasteiger partial charge in [-0.25, -0.2) is 18.4 Å². The molecule has 0 spiro atoms. The first kappa shape index (κ1) is 25.8. The van der Waals surface area contributed by atoms with E-state index in [2.05, 4.69) is 20.6 Å². The third kappa shape index (κ3) is 4.72. The Balaban J connectivity index is 1.46. The second-order valence-electron chi connectivity index (χ2n) is 9.89. The van der Waals surface area contributed by atoms with E-state index in [-0.39, 0.29) is 28.9 Å². The predicted molar refractivity (Wildman–Crippen MR) is 137 cm³/mol. The highest BCUT2D eigenvalue weighted by atomic mass is 32.2. The Morgan fingerprint density at radius 2 is 1.83 bits per heavy atom. The Kier molecular flexibility index (Phi) is 6.64. The predicted octanol–water partition coefficient (Wildman–Crippen LogP) is 3.00. The van der Waals surface area contributed by atoms with Crippen LogP contribution in [0, 0.1) is 13.8 Å². The number of sulfone groups is 1. The summed E-state index contributed by atoms with van der Waals surface area (Å²) in [6.45, 7) is 9.28. The van der Waals surface area contributed by atoms with Gasteiger partial charge < -0.3 is 10.6 Å². The minimum absolute atomic E-state index is 0.0189. The van der Waals surface area contributed by atoms with E-state index in [1.165, 1.54) is 0 Å². The number of Topliss-reactive ketones (excluding diaryl/α,β-unsaturated/α-hetero) is 1. The van der Waals surface area contributed by atoms with Crippen LogP contribution in [0.1, 0.15) is 56.4 Å². The van der Waals surface area contributed by atoms with E-state index in [1.807, 2.05) is 26.8 Å². The van der Waals surface area contributed by atoms with Crippen molar-refractivity contribution in [1.29, 1.82) is 0 Å². The molecule has 8 nitrogen and oxygen atoms in total. The van der Waals surface area contributed by atoms with Crippen LogP contribution in [0.5, 0.6) is 0 Å². The molecule has 2 atom stereocenters. The lowest BCUT2D eigenvalue weighted by atomic mass is 9.69. The van der Waals surface area contributed by atoms with E-state index in [9.17, 15) is 18.0 Å². The van der Waals surface area contributed by atoms with E-state index in [0.29, 0.717) is 24.2 Å². The number of allylic oxidation sites excluding steroid dienone is 3. The summed E-state index contributed by atoms with van der Waals surface area (Å²) in [5, 5.41) is 6.21. The van der Waals surface area contributed by atoms with Gasteiger partial charge in [0, 0.05) is 23.5 Å². The molecule has 2 heterocycles. The molecule has 0 saturated heterocycles. The average molecular weight is 509 g/mol. The van der Waals surface area contributed by atoms with Gasteiger partial charge in [0.1, 0.15) is 11.4 Å². The molecule has 1 aliphatic carbocycles. The highest BCUT2D eigenvalue weighted by Crippen LogP contribution is 2.40. The molecule has 1 amide bonds. The van der Waals surface area contributed by atoms with Crippen molar-refractivity contribution in [2.75, 3.05) is 5.75 Å². The largest absolute Gasteiger partial charge is 0.371 e. The van der Waals surface area contributed by atoms with Crippen LogP contribution in [0.3, 0.4) is 0 Å². The van der Waals surface area contributed by atoms with Gasteiger partial charge in [0.15, 0.2) is 15.6 Å². The molecule has 4 rings (SSSR count). The molecule has 9 heteroatoms. The molecule has 1 aromatic heterocycles. The summed E-state index contributed by atoms with van der Waals surface area (Å²) < 4.78 is 24.0. The number of dihydropyridines is 1. The second-order valence-corrected chi connectivity index (χ2v) is 12.2. The number of amides is 1. The third-order valence-corrected chi connectivity index (χ3v) is 8.81. The Hall–Kier alpha value is -3.33. The van der Waals surface area contributed by atoms with Crippen molar-refractivity contribution in [2.45, 2.75) is 69.9 Å². The molecule has 2 N–H and O–H groups in total. The van der Waals surface area contributed by atoms with Crippen LogP contribution in [0.15, 0.2) is 58.6 Å². The SMILES string of the molecule is CCS(=O)(=O)c1ccc(CNC(=O)C2(C)C=CC3=C(CCC(C)(c4cc(C)nc(C)n4)C3=O)N2)cc1. The highest BCUT2D eigenvalue weighted by Gasteiger charge is 2.45. The monoisotopic (exact) mass is 508 g/mol. The highest BCUT2D eigenvalue weighted by molar-refractivity contribution is 7.91. The van der Waals surface area contributed by atoms with Crippen LogP contribution in [0.4, 0.5) is 0 Å².